The zero-order valence-corrected chi connectivity index (χ0v) is 14.6. The second-order valence-electron chi connectivity index (χ2n) is 6.96. The Morgan fingerprint density at radius 2 is 2.00 bits per heavy atom. The summed E-state index contributed by atoms with van der Waals surface area (Å²) >= 11 is 3.66. The predicted octanol–water partition coefficient (Wildman–Crippen LogP) is 4.39. The molecule has 0 spiro atoms. The minimum absolute atomic E-state index is 0.400. The minimum atomic E-state index is 0.400. The summed E-state index contributed by atoms with van der Waals surface area (Å²) in [5, 5.41) is 0. The molecule has 0 saturated carbocycles. The van der Waals surface area contributed by atoms with Crippen LogP contribution in [-0.2, 0) is 0 Å². The third-order valence-corrected chi connectivity index (χ3v) is 5.49. The van der Waals surface area contributed by atoms with E-state index < -0.39 is 0 Å². The van der Waals surface area contributed by atoms with Crippen molar-refractivity contribution in [2.24, 2.45) is 11.3 Å². The summed E-state index contributed by atoms with van der Waals surface area (Å²) in [6.45, 7) is 11.3. The maximum absolute atomic E-state index is 5.92. The van der Waals surface area contributed by atoms with Gasteiger partial charge in [-0.3, -0.25) is 0 Å². The molecule has 1 atom stereocenters. The van der Waals surface area contributed by atoms with Crippen LogP contribution in [-0.4, -0.2) is 18.1 Å². The Labute approximate surface area is 131 Å². The standard InChI is InChI=1S/C16H26BrN3/c1-11-13(18)10-19-15(14(11)17)20-8-5-6-12(7-9-20)16(2,3)4/h10,12H,5-9,18H2,1-4H3. The van der Waals surface area contributed by atoms with Gasteiger partial charge in [0, 0.05) is 13.1 Å². The largest absolute Gasteiger partial charge is 0.397 e. The van der Waals surface area contributed by atoms with Crippen molar-refractivity contribution in [2.75, 3.05) is 23.7 Å². The Hall–Kier alpha value is -0.770. The smallest absolute Gasteiger partial charge is 0.143 e. The zero-order chi connectivity index (χ0) is 14.9. The maximum atomic E-state index is 5.92. The summed E-state index contributed by atoms with van der Waals surface area (Å²) in [5.74, 6) is 1.84. The fourth-order valence-electron chi connectivity index (χ4n) is 2.97. The second kappa shape index (κ2) is 5.92. The summed E-state index contributed by atoms with van der Waals surface area (Å²) in [6.07, 6.45) is 5.56. The highest BCUT2D eigenvalue weighted by atomic mass is 79.9. The molecule has 1 aromatic rings. The van der Waals surface area contributed by atoms with E-state index in [0.29, 0.717) is 5.41 Å². The lowest BCUT2D eigenvalue weighted by atomic mass is 9.77. The lowest BCUT2D eigenvalue weighted by molar-refractivity contribution is 0.220. The van der Waals surface area contributed by atoms with Gasteiger partial charge in [0.05, 0.1) is 16.4 Å². The number of halogens is 1. The van der Waals surface area contributed by atoms with Gasteiger partial charge in [0.15, 0.2) is 0 Å². The Kier molecular flexibility index (Phi) is 4.62. The molecule has 1 unspecified atom stereocenters. The second-order valence-corrected chi connectivity index (χ2v) is 7.75. The molecular formula is C16H26BrN3. The average Bonchev–Trinajstić information content (AvgIpc) is 2.61. The van der Waals surface area contributed by atoms with Crippen molar-refractivity contribution in [1.82, 2.24) is 4.98 Å². The predicted molar refractivity (Wildman–Crippen MR) is 90.1 cm³/mol. The quantitative estimate of drug-likeness (QED) is 0.825. The van der Waals surface area contributed by atoms with Gasteiger partial charge < -0.3 is 10.6 Å². The van der Waals surface area contributed by atoms with Crippen molar-refractivity contribution in [3.63, 3.8) is 0 Å². The molecule has 1 saturated heterocycles. The number of hydrogen-bond donors (Lipinski definition) is 1. The Morgan fingerprint density at radius 3 is 2.65 bits per heavy atom. The summed E-state index contributed by atoms with van der Waals surface area (Å²) < 4.78 is 1.05. The van der Waals surface area contributed by atoms with Crippen LogP contribution in [0.15, 0.2) is 10.7 Å². The number of nitrogens with zero attached hydrogens (tertiary/aromatic N) is 2. The first-order valence-electron chi connectivity index (χ1n) is 7.46. The molecule has 20 heavy (non-hydrogen) atoms. The van der Waals surface area contributed by atoms with Gasteiger partial charge in [-0.05, 0) is 59.0 Å². The first kappa shape index (κ1) is 15.6. The van der Waals surface area contributed by atoms with E-state index in [9.17, 15) is 0 Å². The van der Waals surface area contributed by atoms with Crippen molar-refractivity contribution in [3.05, 3.63) is 16.2 Å². The normalized spacial score (nSPS) is 20.9. The SMILES string of the molecule is Cc1c(N)cnc(N2CCCC(C(C)(C)C)CC2)c1Br. The van der Waals surface area contributed by atoms with Crippen molar-refractivity contribution < 1.29 is 0 Å². The molecule has 0 aliphatic carbocycles. The molecule has 0 aromatic carbocycles. The van der Waals surface area contributed by atoms with E-state index in [2.05, 4.69) is 46.6 Å². The summed E-state index contributed by atoms with van der Waals surface area (Å²) in [7, 11) is 0. The molecule has 1 aliphatic heterocycles. The van der Waals surface area contributed by atoms with Crippen molar-refractivity contribution in [2.45, 2.75) is 47.0 Å². The molecular weight excluding hydrogens is 314 g/mol. The summed E-state index contributed by atoms with van der Waals surface area (Å²) in [6, 6.07) is 0. The molecule has 0 radical (unpaired) electrons. The number of aromatic nitrogens is 1. The molecule has 112 valence electrons. The van der Waals surface area contributed by atoms with Crippen LogP contribution in [0.3, 0.4) is 0 Å². The van der Waals surface area contributed by atoms with Gasteiger partial charge in [-0.2, -0.15) is 0 Å². The van der Waals surface area contributed by atoms with E-state index in [4.69, 9.17) is 5.73 Å². The first-order chi connectivity index (χ1) is 9.30. The Balaban J connectivity index is 2.17. The number of rotatable bonds is 1. The van der Waals surface area contributed by atoms with Gasteiger partial charge in [0.1, 0.15) is 5.82 Å². The van der Waals surface area contributed by atoms with Gasteiger partial charge in [-0.15, -0.1) is 0 Å². The molecule has 3 nitrogen and oxygen atoms in total. The minimum Gasteiger partial charge on any atom is -0.397 e. The molecule has 1 aromatic heterocycles. The Morgan fingerprint density at radius 1 is 1.30 bits per heavy atom. The van der Waals surface area contributed by atoms with Gasteiger partial charge in [0.2, 0.25) is 0 Å². The lowest BCUT2D eigenvalue weighted by Crippen LogP contribution is -2.27. The fraction of sp³-hybridized carbons (Fsp3) is 0.688. The molecule has 2 heterocycles. The number of hydrogen-bond acceptors (Lipinski definition) is 3. The van der Waals surface area contributed by atoms with E-state index in [1.807, 2.05) is 6.92 Å². The third kappa shape index (κ3) is 3.27. The van der Waals surface area contributed by atoms with E-state index in [0.717, 1.165) is 40.5 Å². The van der Waals surface area contributed by atoms with Gasteiger partial charge in [-0.1, -0.05) is 20.8 Å². The van der Waals surface area contributed by atoms with E-state index in [1.165, 1.54) is 19.3 Å². The third-order valence-electron chi connectivity index (χ3n) is 4.54. The van der Waals surface area contributed by atoms with E-state index in [-0.39, 0.29) is 0 Å². The van der Waals surface area contributed by atoms with Gasteiger partial charge in [0.25, 0.3) is 0 Å². The van der Waals surface area contributed by atoms with Crippen LogP contribution in [0.5, 0.6) is 0 Å². The average molecular weight is 340 g/mol. The van der Waals surface area contributed by atoms with Gasteiger partial charge >= 0.3 is 0 Å². The number of pyridine rings is 1. The van der Waals surface area contributed by atoms with Crippen LogP contribution in [0.1, 0.15) is 45.6 Å². The molecule has 1 aliphatic rings. The Bertz CT molecular complexity index is 479. The highest BCUT2D eigenvalue weighted by Crippen LogP contribution is 2.37. The molecule has 0 amide bonds. The highest BCUT2D eigenvalue weighted by molar-refractivity contribution is 9.10. The molecule has 2 rings (SSSR count). The fourth-order valence-corrected chi connectivity index (χ4v) is 3.56. The van der Waals surface area contributed by atoms with Crippen LogP contribution in [0, 0.1) is 18.3 Å². The van der Waals surface area contributed by atoms with Crippen LogP contribution in [0.2, 0.25) is 0 Å². The van der Waals surface area contributed by atoms with Crippen LogP contribution in [0.4, 0.5) is 11.5 Å². The first-order valence-corrected chi connectivity index (χ1v) is 8.25. The molecule has 1 fully saturated rings. The van der Waals surface area contributed by atoms with Crippen LogP contribution in [0.25, 0.3) is 0 Å². The lowest BCUT2D eigenvalue weighted by Gasteiger charge is -2.30. The topological polar surface area (TPSA) is 42.1 Å². The van der Waals surface area contributed by atoms with E-state index in [1.54, 1.807) is 6.20 Å². The molecule has 0 bridgehead atoms. The molecule has 2 N–H and O–H groups in total. The van der Waals surface area contributed by atoms with Crippen LogP contribution >= 0.6 is 15.9 Å². The van der Waals surface area contributed by atoms with Crippen molar-refractivity contribution >= 4 is 27.4 Å². The maximum Gasteiger partial charge on any atom is 0.143 e. The summed E-state index contributed by atoms with van der Waals surface area (Å²) in [4.78, 5) is 6.95. The molecule has 4 heteroatoms. The zero-order valence-electron chi connectivity index (χ0n) is 13.0. The number of nitrogens with two attached hydrogens (primary N) is 1. The van der Waals surface area contributed by atoms with Crippen molar-refractivity contribution in [3.8, 4) is 0 Å². The van der Waals surface area contributed by atoms with Crippen LogP contribution < -0.4 is 10.6 Å². The number of nitrogen functional groups attached to an aromatic ring is 1. The monoisotopic (exact) mass is 339 g/mol. The summed E-state index contributed by atoms with van der Waals surface area (Å²) in [5.41, 5.74) is 8.16. The van der Waals surface area contributed by atoms with Gasteiger partial charge in [-0.25, -0.2) is 4.98 Å². The number of anilines is 2. The van der Waals surface area contributed by atoms with Crippen molar-refractivity contribution in [1.29, 1.82) is 0 Å². The highest BCUT2D eigenvalue weighted by Gasteiger charge is 2.28. The van der Waals surface area contributed by atoms with E-state index >= 15 is 0 Å².